The van der Waals surface area contributed by atoms with Crippen LogP contribution in [0.15, 0.2) is 174 Å². The Balaban J connectivity index is 1.21. The third-order valence-electron chi connectivity index (χ3n) is 8.89. The van der Waals surface area contributed by atoms with Gasteiger partial charge >= 0.3 is 0 Å². The van der Waals surface area contributed by atoms with E-state index in [1.807, 2.05) is 61.7 Å². The van der Waals surface area contributed by atoms with Crippen LogP contribution in [0, 0.1) is 5.41 Å². The highest BCUT2D eigenvalue weighted by atomic mass is 16.3. The maximum absolute atomic E-state index is 9.08. The molecule has 0 bridgehead atoms. The van der Waals surface area contributed by atoms with E-state index in [0.29, 0.717) is 5.71 Å². The highest BCUT2D eigenvalue weighted by molar-refractivity contribution is 6.22. The molecule has 4 heteroatoms. The first-order chi connectivity index (χ1) is 23.7. The molecule has 48 heavy (non-hydrogen) atoms. The fourth-order valence-corrected chi connectivity index (χ4v) is 6.60. The Hall–Kier alpha value is -6.39. The molecule has 7 aromatic carbocycles. The van der Waals surface area contributed by atoms with Crippen LogP contribution < -0.4 is 10.2 Å². The molecule has 0 saturated heterocycles. The normalized spacial score (nSPS) is 11.6. The molecule has 0 aliphatic carbocycles. The maximum atomic E-state index is 9.08. The van der Waals surface area contributed by atoms with Gasteiger partial charge in [-0.1, -0.05) is 115 Å². The topological polar surface area (TPSA) is 52.3 Å². The largest absolute Gasteiger partial charge is 0.456 e. The van der Waals surface area contributed by atoms with E-state index in [1.165, 1.54) is 10.8 Å². The van der Waals surface area contributed by atoms with E-state index in [1.54, 1.807) is 0 Å². The van der Waals surface area contributed by atoms with E-state index in [4.69, 9.17) is 9.83 Å². The Morgan fingerprint density at radius 3 is 2.12 bits per heavy atom. The van der Waals surface area contributed by atoms with Gasteiger partial charge in [0.05, 0.1) is 11.4 Å². The zero-order valence-electron chi connectivity index (χ0n) is 26.5. The van der Waals surface area contributed by atoms with Gasteiger partial charge in [-0.05, 0) is 76.7 Å². The molecule has 0 aliphatic heterocycles. The van der Waals surface area contributed by atoms with Gasteiger partial charge in [-0.3, -0.25) is 0 Å². The number of benzene rings is 7. The van der Waals surface area contributed by atoms with Crippen molar-refractivity contribution in [2.75, 3.05) is 11.9 Å². The average molecular weight is 620 g/mol. The second-order valence-corrected chi connectivity index (χ2v) is 11.8. The van der Waals surface area contributed by atoms with E-state index in [9.17, 15) is 0 Å². The standard InChI is InChI=1S/C44H33N3O/c1-46-40(31-14-4-2-5-15-31)29-39(45)37-22-12-24-42-44(37)38-26-25-33(28-43(38)48-42)32-17-10-20-35(27-32)47(34-18-6-3-7-19-34)41-23-11-16-30-13-8-9-21-36(30)41/h2-29,45-46H,1H3/b40-29-,45-39?. The van der Waals surface area contributed by atoms with Crippen LogP contribution in [0.2, 0.25) is 0 Å². The van der Waals surface area contributed by atoms with Gasteiger partial charge in [0.1, 0.15) is 11.2 Å². The zero-order valence-corrected chi connectivity index (χ0v) is 26.5. The second kappa shape index (κ2) is 12.4. The average Bonchev–Trinajstić information content (AvgIpc) is 3.53. The summed E-state index contributed by atoms with van der Waals surface area (Å²) < 4.78 is 6.44. The number of rotatable bonds is 8. The van der Waals surface area contributed by atoms with E-state index in [-0.39, 0.29) is 0 Å². The van der Waals surface area contributed by atoms with Gasteiger partial charge in [-0.2, -0.15) is 0 Å². The number of allylic oxidation sites excluding steroid dienone is 1. The van der Waals surface area contributed by atoms with Crippen LogP contribution in [-0.2, 0) is 0 Å². The van der Waals surface area contributed by atoms with Crippen LogP contribution in [-0.4, -0.2) is 12.8 Å². The Morgan fingerprint density at radius 1 is 0.604 bits per heavy atom. The fourth-order valence-electron chi connectivity index (χ4n) is 6.60. The fraction of sp³-hybridized carbons (Fsp3) is 0.0227. The highest BCUT2D eigenvalue weighted by Crippen LogP contribution is 2.41. The number of nitrogens with one attached hydrogen (secondary N) is 2. The van der Waals surface area contributed by atoms with E-state index in [2.05, 4.69) is 125 Å². The van der Waals surface area contributed by atoms with E-state index in [0.717, 1.165) is 67.0 Å². The van der Waals surface area contributed by atoms with Crippen molar-refractivity contribution in [2.45, 2.75) is 0 Å². The van der Waals surface area contributed by atoms with Crippen molar-refractivity contribution in [3.05, 3.63) is 181 Å². The first kappa shape index (κ1) is 29.0. The van der Waals surface area contributed by atoms with E-state index < -0.39 is 0 Å². The predicted octanol–water partition coefficient (Wildman–Crippen LogP) is 11.5. The predicted molar refractivity (Wildman–Crippen MR) is 202 cm³/mol. The van der Waals surface area contributed by atoms with Gasteiger partial charge in [0.15, 0.2) is 0 Å². The highest BCUT2D eigenvalue weighted by Gasteiger charge is 2.18. The number of fused-ring (bicyclic) bond motifs is 4. The summed E-state index contributed by atoms with van der Waals surface area (Å²) in [6.45, 7) is 0. The number of hydrogen-bond donors (Lipinski definition) is 2. The lowest BCUT2D eigenvalue weighted by atomic mass is 9.98. The van der Waals surface area contributed by atoms with Gasteiger partial charge < -0.3 is 20.0 Å². The van der Waals surface area contributed by atoms with Gasteiger partial charge in [0, 0.05) is 45.8 Å². The smallest absolute Gasteiger partial charge is 0.136 e. The van der Waals surface area contributed by atoms with Crippen LogP contribution in [0.1, 0.15) is 11.1 Å². The first-order valence-corrected chi connectivity index (χ1v) is 16.1. The summed E-state index contributed by atoms with van der Waals surface area (Å²) in [6.07, 6.45) is 1.89. The molecule has 1 heterocycles. The van der Waals surface area contributed by atoms with Gasteiger partial charge in [-0.25, -0.2) is 0 Å². The molecule has 0 spiro atoms. The van der Waals surface area contributed by atoms with Crippen LogP contribution in [0.4, 0.5) is 17.1 Å². The van der Waals surface area contributed by atoms with Gasteiger partial charge in [0.2, 0.25) is 0 Å². The minimum Gasteiger partial charge on any atom is -0.456 e. The summed E-state index contributed by atoms with van der Waals surface area (Å²) in [4.78, 5) is 2.33. The number of nitrogens with zero attached hydrogens (tertiary/aromatic N) is 1. The van der Waals surface area contributed by atoms with Crippen molar-refractivity contribution in [1.82, 2.24) is 5.32 Å². The Labute approximate surface area is 279 Å². The Kier molecular flexibility index (Phi) is 7.52. The van der Waals surface area contributed by atoms with Crippen molar-refractivity contribution < 1.29 is 4.42 Å². The number of anilines is 3. The molecule has 0 saturated carbocycles. The lowest BCUT2D eigenvalue weighted by Gasteiger charge is -2.27. The lowest BCUT2D eigenvalue weighted by Crippen LogP contribution is -2.10. The molecule has 0 atom stereocenters. The number of hydrogen-bond acceptors (Lipinski definition) is 4. The third-order valence-corrected chi connectivity index (χ3v) is 8.89. The summed E-state index contributed by atoms with van der Waals surface area (Å²) in [5.74, 6) is 0. The molecule has 0 fully saturated rings. The van der Waals surface area contributed by atoms with Crippen LogP contribution in [0.25, 0.3) is 49.5 Å². The molecular formula is C44H33N3O. The molecule has 0 aliphatic rings. The van der Waals surface area contributed by atoms with E-state index >= 15 is 0 Å². The quantitative estimate of drug-likeness (QED) is 0.166. The van der Waals surface area contributed by atoms with Crippen molar-refractivity contribution in [3.63, 3.8) is 0 Å². The Morgan fingerprint density at radius 2 is 1.29 bits per heavy atom. The Bertz CT molecular complexity index is 2450. The third kappa shape index (κ3) is 5.29. The molecule has 0 unspecified atom stereocenters. The zero-order chi connectivity index (χ0) is 32.5. The molecule has 8 rings (SSSR count). The van der Waals surface area contributed by atoms with Crippen molar-refractivity contribution in [3.8, 4) is 11.1 Å². The molecule has 0 amide bonds. The van der Waals surface area contributed by atoms with Crippen molar-refractivity contribution >= 4 is 61.2 Å². The van der Waals surface area contributed by atoms with Crippen molar-refractivity contribution in [2.24, 2.45) is 0 Å². The minimum absolute atomic E-state index is 0.419. The molecule has 0 radical (unpaired) electrons. The minimum atomic E-state index is 0.419. The van der Waals surface area contributed by atoms with Crippen LogP contribution in [0.5, 0.6) is 0 Å². The molecular weight excluding hydrogens is 587 g/mol. The second-order valence-electron chi connectivity index (χ2n) is 11.8. The molecule has 230 valence electrons. The lowest BCUT2D eigenvalue weighted by molar-refractivity contribution is 0.669. The molecule has 1 aromatic heterocycles. The van der Waals surface area contributed by atoms with Gasteiger partial charge in [0.25, 0.3) is 0 Å². The van der Waals surface area contributed by atoms with Crippen LogP contribution >= 0.6 is 0 Å². The molecule has 4 nitrogen and oxygen atoms in total. The summed E-state index contributed by atoms with van der Waals surface area (Å²) in [7, 11) is 1.89. The summed E-state index contributed by atoms with van der Waals surface area (Å²) in [5, 5.41) is 16.7. The first-order valence-electron chi connectivity index (χ1n) is 16.1. The summed E-state index contributed by atoms with van der Waals surface area (Å²) in [5.41, 5.74) is 10.2. The number of furan rings is 1. The summed E-state index contributed by atoms with van der Waals surface area (Å²) >= 11 is 0. The summed E-state index contributed by atoms with van der Waals surface area (Å²) in [6, 6.07) is 56.6. The SMILES string of the molecule is CN/C(=C\C(=N)c1cccc2oc3cc(-c4cccc(N(c5ccccc5)c5cccc6ccccc56)c4)ccc3c12)c1ccccc1. The van der Waals surface area contributed by atoms with Gasteiger partial charge in [-0.15, -0.1) is 0 Å². The number of para-hydroxylation sites is 1. The van der Waals surface area contributed by atoms with Crippen LogP contribution in [0.3, 0.4) is 0 Å². The monoisotopic (exact) mass is 619 g/mol. The molecule has 2 N–H and O–H groups in total. The maximum Gasteiger partial charge on any atom is 0.136 e. The van der Waals surface area contributed by atoms with Crippen molar-refractivity contribution in [1.29, 1.82) is 5.41 Å². The molecule has 8 aromatic rings.